The van der Waals surface area contributed by atoms with Crippen molar-refractivity contribution >= 4 is 27.7 Å². The van der Waals surface area contributed by atoms with E-state index in [0.29, 0.717) is 12.5 Å². The summed E-state index contributed by atoms with van der Waals surface area (Å²) in [5, 5.41) is 2.59. The number of nitrogens with one attached hydrogen (secondary N) is 2. The monoisotopic (exact) mass is 369 g/mol. The van der Waals surface area contributed by atoms with Crippen LogP contribution in [-0.2, 0) is 16.1 Å². The Kier molecular flexibility index (Phi) is 8.08. The smallest absolute Gasteiger partial charge is 0.256 e. The highest BCUT2D eigenvalue weighted by Crippen LogP contribution is 2.04. The number of amides is 2. The highest BCUT2D eigenvalue weighted by atomic mass is 79.9. The van der Waals surface area contributed by atoms with Crippen molar-refractivity contribution < 1.29 is 9.59 Å². The Morgan fingerprint density at radius 1 is 1.27 bits per heavy atom. The van der Waals surface area contributed by atoms with Gasteiger partial charge in [0.2, 0.25) is 5.91 Å². The van der Waals surface area contributed by atoms with Gasteiger partial charge in [-0.3, -0.25) is 15.0 Å². The third-order valence-electron chi connectivity index (χ3n) is 2.78. The molecule has 0 fully saturated rings. The first kappa shape index (κ1) is 18.6. The minimum Gasteiger partial charge on any atom is -0.272 e. The van der Waals surface area contributed by atoms with E-state index in [4.69, 9.17) is 5.84 Å². The number of carbonyl (C=O) groups excluding carboxylic acids is 2. The number of hydrogen-bond donors (Lipinski definition) is 1. The summed E-state index contributed by atoms with van der Waals surface area (Å²) in [5.41, 5.74) is 3.47. The van der Waals surface area contributed by atoms with E-state index in [1.54, 1.807) is 0 Å². The summed E-state index contributed by atoms with van der Waals surface area (Å²) in [6.07, 6.45) is 0. The zero-order valence-electron chi connectivity index (χ0n) is 12.9. The van der Waals surface area contributed by atoms with Crippen molar-refractivity contribution in [2.75, 3.05) is 18.4 Å². The predicted octanol–water partition coefficient (Wildman–Crippen LogP) is 1.60. The maximum atomic E-state index is 12.3. The quantitative estimate of drug-likeness (QED) is 0.585. The fourth-order valence-electron chi connectivity index (χ4n) is 1.89. The SMILES string of the molecule is CC(C)CN([NH])CC(=O)N(Cc1ccccc1)NC(=O)CBr. The van der Waals surface area contributed by atoms with E-state index in [9.17, 15) is 9.59 Å². The summed E-state index contributed by atoms with van der Waals surface area (Å²) in [6.45, 7) is 4.68. The van der Waals surface area contributed by atoms with E-state index in [1.807, 2.05) is 44.2 Å². The zero-order valence-corrected chi connectivity index (χ0v) is 14.5. The summed E-state index contributed by atoms with van der Waals surface area (Å²) in [4.78, 5) is 23.9. The molecule has 0 heterocycles. The van der Waals surface area contributed by atoms with E-state index in [-0.39, 0.29) is 30.2 Å². The van der Waals surface area contributed by atoms with Gasteiger partial charge in [-0.1, -0.05) is 60.1 Å². The van der Waals surface area contributed by atoms with Gasteiger partial charge in [0.1, 0.15) is 0 Å². The van der Waals surface area contributed by atoms with E-state index in [0.717, 1.165) is 5.56 Å². The molecule has 6 nitrogen and oxygen atoms in total. The molecule has 0 aliphatic heterocycles. The number of hydrogen-bond acceptors (Lipinski definition) is 3. The standard InChI is InChI=1S/C15H22BrN4O2/c1-12(2)9-19(17)11-15(22)20(18-14(21)8-16)10-13-6-4-3-5-7-13/h3-7,12,17H,8-11H2,1-2H3,(H,18,21). The Labute approximate surface area is 139 Å². The van der Waals surface area contributed by atoms with Gasteiger partial charge in [0.05, 0.1) is 18.4 Å². The molecule has 2 N–H and O–H groups in total. The van der Waals surface area contributed by atoms with Crippen LogP contribution in [0.2, 0.25) is 0 Å². The molecule has 0 unspecified atom stereocenters. The second kappa shape index (κ2) is 9.55. The maximum Gasteiger partial charge on any atom is 0.256 e. The van der Waals surface area contributed by atoms with Gasteiger partial charge >= 0.3 is 0 Å². The molecule has 1 aromatic carbocycles. The molecule has 121 valence electrons. The molecule has 0 spiro atoms. The number of alkyl halides is 1. The van der Waals surface area contributed by atoms with E-state index in [1.165, 1.54) is 10.0 Å². The molecule has 0 bridgehead atoms. The number of rotatable bonds is 7. The van der Waals surface area contributed by atoms with Crippen LogP contribution in [0.4, 0.5) is 0 Å². The van der Waals surface area contributed by atoms with Crippen LogP contribution in [0, 0.1) is 5.92 Å². The minimum absolute atomic E-state index is 0.0619. The maximum absolute atomic E-state index is 12.3. The van der Waals surface area contributed by atoms with Crippen molar-refractivity contribution in [2.24, 2.45) is 5.92 Å². The van der Waals surface area contributed by atoms with Crippen molar-refractivity contribution in [3.63, 3.8) is 0 Å². The summed E-state index contributed by atoms with van der Waals surface area (Å²) < 4.78 is 0. The first-order valence-corrected chi connectivity index (χ1v) is 8.20. The van der Waals surface area contributed by atoms with Gasteiger partial charge in [0.25, 0.3) is 5.91 Å². The highest BCUT2D eigenvalue weighted by molar-refractivity contribution is 9.09. The molecule has 2 amide bonds. The van der Waals surface area contributed by atoms with Gasteiger partial charge in [-0.2, -0.15) is 5.84 Å². The highest BCUT2D eigenvalue weighted by Gasteiger charge is 2.19. The molecule has 0 aliphatic rings. The zero-order chi connectivity index (χ0) is 16.5. The molecule has 0 saturated heterocycles. The van der Waals surface area contributed by atoms with E-state index < -0.39 is 0 Å². The summed E-state index contributed by atoms with van der Waals surface area (Å²) in [7, 11) is 0. The average Bonchev–Trinajstić information content (AvgIpc) is 2.46. The molecule has 0 saturated carbocycles. The molecule has 0 aromatic heterocycles. The lowest BCUT2D eigenvalue weighted by atomic mass is 10.2. The van der Waals surface area contributed by atoms with Crippen LogP contribution in [0.3, 0.4) is 0 Å². The van der Waals surface area contributed by atoms with Crippen LogP contribution in [0.5, 0.6) is 0 Å². The molecule has 1 radical (unpaired) electrons. The molecule has 0 aliphatic carbocycles. The van der Waals surface area contributed by atoms with Crippen molar-refractivity contribution in [1.82, 2.24) is 21.3 Å². The van der Waals surface area contributed by atoms with Crippen LogP contribution >= 0.6 is 15.9 Å². The first-order valence-electron chi connectivity index (χ1n) is 7.08. The third kappa shape index (κ3) is 7.02. The molecule has 1 rings (SSSR count). The fourth-order valence-corrected chi connectivity index (χ4v) is 2.02. The largest absolute Gasteiger partial charge is 0.272 e. The lowest BCUT2D eigenvalue weighted by molar-refractivity contribution is -0.142. The molecule has 22 heavy (non-hydrogen) atoms. The third-order valence-corrected chi connectivity index (χ3v) is 3.29. The fraction of sp³-hybridized carbons (Fsp3) is 0.467. The number of carbonyl (C=O) groups is 2. The van der Waals surface area contributed by atoms with Crippen molar-refractivity contribution in [1.29, 1.82) is 0 Å². The lowest BCUT2D eigenvalue weighted by Crippen LogP contribution is -2.50. The van der Waals surface area contributed by atoms with Crippen LogP contribution in [-0.4, -0.2) is 40.3 Å². The van der Waals surface area contributed by atoms with Gasteiger partial charge in [-0.15, -0.1) is 0 Å². The predicted molar refractivity (Wildman–Crippen MR) is 88.4 cm³/mol. The topological polar surface area (TPSA) is 76.5 Å². The summed E-state index contributed by atoms with van der Waals surface area (Å²) in [6, 6.07) is 9.40. The van der Waals surface area contributed by atoms with Crippen LogP contribution in [0.15, 0.2) is 30.3 Å². The van der Waals surface area contributed by atoms with Gasteiger partial charge < -0.3 is 0 Å². The molecular weight excluding hydrogens is 348 g/mol. The second-order valence-electron chi connectivity index (χ2n) is 5.41. The number of halogens is 1. The molecule has 7 heteroatoms. The van der Waals surface area contributed by atoms with E-state index in [2.05, 4.69) is 21.4 Å². The van der Waals surface area contributed by atoms with E-state index >= 15 is 0 Å². The van der Waals surface area contributed by atoms with Crippen LogP contribution in [0.25, 0.3) is 0 Å². The van der Waals surface area contributed by atoms with Crippen LogP contribution in [0.1, 0.15) is 19.4 Å². The molecule has 0 atom stereocenters. The number of nitrogens with zero attached hydrogens (tertiary/aromatic N) is 2. The lowest BCUT2D eigenvalue weighted by Gasteiger charge is -2.25. The molecule has 1 aromatic rings. The van der Waals surface area contributed by atoms with Gasteiger partial charge in [0.15, 0.2) is 0 Å². The van der Waals surface area contributed by atoms with Crippen molar-refractivity contribution in [2.45, 2.75) is 20.4 Å². The minimum atomic E-state index is -0.311. The van der Waals surface area contributed by atoms with Crippen molar-refractivity contribution in [3.8, 4) is 0 Å². The first-order chi connectivity index (χ1) is 10.4. The Bertz CT molecular complexity index is 482. The van der Waals surface area contributed by atoms with Crippen LogP contribution < -0.4 is 11.3 Å². The van der Waals surface area contributed by atoms with Gasteiger partial charge in [-0.05, 0) is 11.5 Å². The second-order valence-corrected chi connectivity index (χ2v) is 5.97. The Balaban J connectivity index is 2.71. The number of hydrazine groups is 1. The Morgan fingerprint density at radius 3 is 2.45 bits per heavy atom. The Hall–Kier alpha value is -1.44. The Morgan fingerprint density at radius 2 is 1.91 bits per heavy atom. The molecular formula is C15H22BrN4O2. The van der Waals surface area contributed by atoms with Gasteiger partial charge in [0, 0.05) is 6.54 Å². The normalized spacial score (nSPS) is 10.8. The summed E-state index contributed by atoms with van der Waals surface area (Å²) >= 11 is 3.06. The van der Waals surface area contributed by atoms with Gasteiger partial charge in [-0.25, -0.2) is 10.0 Å². The summed E-state index contributed by atoms with van der Waals surface area (Å²) in [5.74, 6) is 7.48. The number of benzene rings is 1. The average molecular weight is 370 g/mol. The van der Waals surface area contributed by atoms with Crippen molar-refractivity contribution in [3.05, 3.63) is 35.9 Å².